The summed E-state index contributed by atoms with van der Waals surface area (Å²) in [7, 11) is 0. The fraction of sp³-hybridized carbons (Fsp3) is 0.167. The van der Waals surface area contributed by atoms with Gasteiger partial charge < -0.3 is 4.74 Å². The van der Waals surface area contributed by atoms with Crippen LogP contribution < -0.4 is 4.74 Å². The first kappa shape index (κ1) is 16.2. The number of rotatable bonds is 5. The first-order valence-electron chi connectivity index (χ1n) is 7.37. The van der Waals surface area contributed by atoms with E-state index in [1.54, 1.807) is 36.4 Å². The van der Waals surface area contributed by atoms with Crippen molar-refractivity contribution in [1.82, 2.24) is 4.90 Å². The van der Waals surface area contributed by atoms with E-state index in [4.69, 9.17) is 16.3 Å². The van der Waals surface area contributed by atoms with Gasteiger partial charge in [0, 0.05) is 5.02 Å². The lowest BCUT2D eigenvalue weighted by atomic mass is 10.1. The topological polar surface area (TPSA) is 63.7 Å². The lowest BCUT2D eigenvalue weighted by molar-refractivity contribution is 0.0630. The van der Waals surface area contributed by atoms with Crippen LogP contribution >= 0.6 is 11.6 Å². The number of ether oxygens (including phenoxy) is 1. The van der Waals surface area contributed by atoms with Gasteiger partial charge in [0.2, 0.25) is 0 Å². The third-order valence-electron chi connectivity index (χ3n) is 3.77. The van der Waals surface area contributed by atoms with Gasteiger partial charge in [-0.3, -0.25) is 19.3 Å². The minimum atomic E-state index is -0.331. The van der Waals surface area contributed by atoms with Crippen LogP contribution in [-0.2, 0) is 0 Å². The van der Waals surface area contributed by atoms with Crippen LogP contribution in [0.25, 0.3) is 0 Å². The summed E-state index contributed by atoms with van der Waals surface area (Å²) in [5.41, 5.74) is 1.17. The molecule has 0 saturated heterocycles. The Morgan fingerprint density at radius 2 is 1.71 bits per heavy atom. The SMILES string of the molecule is CC(=O)c1cc(Cl)ccc1OCCN1C(=O)c2ccccc2C1=O. The van der Waals surface area contributed by atoms with Gasteiger partial charge in [0.05, 0.1) is 23.2 Å². The zero-order valence-electron chi connectivity index (χ0n) is 12.9. The highest BCUT2D eigenvalue weighted by Crippen LogP contribution is 2.25. The van der Waals surface area contributed by atoms with E-state index >= 15 is 0 Å². The Hall–Kier alpha value is -2.66. The van der Waals surface area contributed by atoms with Crippen molar-refractivity contribution in [3.63, 3.8) is 0 Å². The number of ketones is 1. The van der Waals surface area contributed by atoms with Crippen molar-refractivity contribution in [2.45, 2.75) is 6.92 Å². The number of Topliss-reactive ketones (excluding diaryl/α,β-unsaturated/α-hetero) is 1. The molecule has 0 spiro atoms. The van der Waals surface area contributed by atoms with Crippen molar-refractivity contribution in [2.75, 3.05) is 13.2 Å². The number of hydrogen-bond acceptors (Lipinski definition) is 4. The molecule has 1 aliphatic heterocycles. The van der Waals surface area contributed by atoms with Gasteiger partial charge in [-0.25, -0.2) is 0 Å². The molecule has 2 amide bonds. The van der Waals surface area contributed by atoms with E-state index in [0.717, 1.165) is 4.90 Å². The van der Waals surface area contributed by atoms with Crippen LogP contribution in [0.4, 0.5) is 0 Å². The number of carbonyl (C=O) groups excluding carboxylic acids is 3. The van der Waals surface area contributed by atoms with Crippen molar-refractivity contribution >= 4 is 29.2 Å². The Morgan fingerprint density at radius 3 is 2.29 bits per heavy atom. The maximum absolute atomic E-state index is 12.2. The van der Waals surface area contributed by atoms with Crippen molar-refractivity contribution in [3.05, 3.63) is 64.2 Å². The van der Waals surface area contributed by atoms with Crippen molar-refractivity contribution in [3.8, 4) is 5.75 Å². The van der Waals surface area contributed by atoms with Crippen molar-refractivity contribution in [1.29, 1.82) is 0 Å². The molecule has 0 saturated carbocycles. The van der Waals surface area contributed by atoms with E-state index in [2.05, 4.69) is 0 Å². The zero-order chi connectivity index (χ0) is 17.3. The normalized spacial score (nSPS) is 13.2. The number of nitrogens with zero attached hydrogens (tertiary/aromatic N) is 1. The van der Waals surface area contributed by atoms with Gasteiger partial charge in [-0.15, -0.1) is 0 Å². The molecule has 0 unspecified atom stereocenters. The fourth-order valence-electron chi connectivity index (χ4n) is 2.59. The third kappa shape index (κ3) is 2.90. The largest absolute Gasteiger partial charge is 0.491 e. The van der Waals surface area contributed by atoms with E-state index in [0.29, 0.717) is 27.5 Å². The number of hydrogen-bond donors (Lipinski definition) is 0. The molecule has 0 fully saturated rings. The van der Waals surface area contributed by atoms with Crippen molar-refractivity contribution < 1.29 is 19.1 Å². The van der Waals surface area contributed by atoms with E-state index in [9.17, 15) is 14.4 Å². The van der Waals surface area contributed by atoms with Gasteiger partial charge in [-0.1, -0.05) is 23.7 Å². The summed E-state index contributed by atoms with van der Waals surface area (Å²) in [5, 5.41) is 0.438. The molecule has 6 heteroatoms. The Balaban J connectivity index is 1.69. The number of carbonyl (C=O) groups is 3. The molecular formula is C18H14ClNO4. The zero-order valence-corrected chi connectivity index (χ0v) is 13.7. The molecule has 0 aliphatic carbocycles. The number of halogens is 1. The molecule has 1 heterocycles. The second-order valence-electron chi connectivity index (χ2n) is 5.35. The summed E-state index contributed by atoms with van der Waals surface area (Å²) in [6.07, 6.45) is 0. The van der Waals surface area contributed by atoms with Crippen LogP contribution in [0.1, 0.15) is 38.0 Å². The molecule has 0 radical (unpaired) electrons. The van der Waals surface area contributed by atoms with Crippen LogP contribution in [0.5, 0.6) is 5.75 Å². The molecule has 1 aliphatic rings. The summed E-state index contributed by atoms with van der Waals surface area (Å²) in [6.45, 7) is 1.61. The van der Waals surface area contributed by atoms with Gasteiger partial charge in [0.25, 0.3) is 11.8 Å². The highest BCUT2D eigenvalue weighted by molar-refractivity contribution is 6.31. The van der Waals surface area contributed by atoms with Crippen LogP contribution in [0.3, 0.4) is 0 Å². The summed E-state index contributed by atoms with van der Waals surface area (Å²) in [5.74, 6) is -0.457. The summed E-state index contributed by atoms with van der Waals surface area (Å²) in [6, 6.07) is 11.4. The average Bonchev–Trinajstić information content (AvgIpc) is 2.81. The number of imide groups is 1. The van der Waals surface area contributed by atoms with E-state index in [1.165, 1.54) is 13.0 Å². The number of amides is 2. The number of benzene rings is 2. The summed E-state index contributed by atoms with van der Waals surface area (Å²) in [4.78, 5) is 37.3. The van der Waals surface area contributed by atoms with E-state index in [1.807, 2.05) is 0 Å². The van der Waals surface area contributed by atoms with Crippen LogP contribution in [0.2, 0.25) is 5.02 Å². The van der Waals surface area contributed by atoms with E-state index in [-0.39, 0.29) is 30.7 Å². The molecule has 5 nitrogen and oxygen atoms in total. The molecule has 0 atom stereocenters. The predicted octanol–water partition coefficient (Wildman–Crippen LogP) is 3.22. The molecule has 24 heavy (non-hydrogen) atoms. The Labute approximate surface area is 143 Å². The van der Waals surface area contributed by atoms with Crippen LogP contribution in [0.15, 0.2) is 42.5 Å². The smallest absolute Gasteiger partial charge is 0.261 e. The standard InChI is InChI=1S/C18H14ClNO4/c1-11(21)15-10-12(19)6-7-16(15)24-9-8-20-17(22)13-4-2-3-5-14(13)18(20)23/h2-7,10H,8-9H2,1H3. The van der Waals surface area contributed by atoms with Crippen LogP contribution in [-0.4, -0.2) is 35.6 Å². The first-order valence-corrected chi connectivity index (χ1v) is 7.75. The van der Waals surface area contributed by atoms with Crippen LogP contribution in [0, 0.1) is 0 Å². The van der Waals surface area contributed by atoms with Gasteiger partial charge >= 0.3 is 0 Å². The predicted molar refractivity (Wildman–Crippen MR) is 88.8 cm³/mol. The Morgan fingerprint density at radius 1 is 1.08 bits per heavy atom. The second-order valence-corrected chi connectivity index (χ2v) is 5.79. The quantitative estimate of drug-likeness (QED) is 0.617. The molecule has 2 aromatic rings. The maximum Gasteiger partial charge on any atom is 0.261 e. The molecule has 0 bridgehead atoms. The van der Waals surface area contributed by atoms with Crippen molar-refractivity contribution in [2.24, 2.45) is 0 Å². The minimum Gasteiger partial charge on any atom is -0.491 e. The molecule has 0 N–H and O–H groups in total. The molecule has 0 aromatic heterocycles. The maximum atomic E-state index is 12.2. The third-order valence-corrected chi connectivity index (χ3v) is 4.01. The Bertz CT molecular complexity index is 812. The molecular weight excluding hydrogens is 330 g/mol. The fourth-order valence-corrected chi connectivity index (χ4v) is 2.76. The lowest BCUT2D eigenvalue weighted by Gasteiger charge is -2.15. The second kappa shape index (κ2) is 6.45. The first-order chi connectivity index (χ1) is 11.5. The lowest BCUT2D eigenvalue weighted by Crippen LogP contribution is -2.33. The molecule has 122 valence electrons. The highest BCUT2D eigenvalue weighted by atomic mass is 35.5. The van der Waals surface area contributed by atoms with Gasteiger partial charge in [0.1, 0.15) is 12.4 Å². The highest BCUT2D eigenvalue weighted by Gasteiger charge is 2.34. The monoisotopic (exact) mass is 343 g/mol. The minimum absolute atomic E-state index is 0.0907. The molecule has 3 rings (SSSR count). The van der Waals surface area contributed by atoms with E-state index < -0.39 is 0 Å². The van der Waals surface area contributed by atoms with Gasteiger partial charge in [-0.05, 0) is 37.3 Å². The Kier molecular flexibility index (Phi) is 4.36. The van der Waals surface area contributed by atoms with Gasteiger partial charge in [0.15, 0.2) is 5.78 Å². The van der Waals surface area contributed by atoms with Gasteiger partial charge in [-0.2, -0.15) is 0 Å². The summed E-state index contributed by atoms with van der Waals surface area (Å²) >= 11 is 5.88. The molecule has 2 aromatic carbocycles. The summed E-state index contributed by atoms with van der Waals surface area (Å²) < 4.78 is 5.59. The average molecular weight is 344 g/mol. The number of fused-ring (bicyclic) bond motifs is 1.